The number of carbonyl (C=O) groups excluding carboxylic acids is 2. The standard InChI is InChI=1S/C31H32ClN3O3S/c1-19(36)26-17-21(14-15-34-26)20-8-13-27(38-3)22(16-20)18-35(24-11-9-23(33-2)10-12-24)31(37)30-29(32)25-6-4-5-7-28(25)39-30/h4-8,13-17,23-24,33H,9-12,18H2,1-3H3. The van der Waals surface area contributed by atoms with Gasteiger partial charge in [0.15, 0.2) is 5.78 Å². The van der Waals surface area contributed by atoms with Crippen LogP contribution in [-0.2, 0) is 6.54 Å². The maximum absolute atomic E-state index is 14.2. The van der Waals surface area contributed by atoms with Crippen molar-refractivity contribution in [3.63, 3.8) is 0 Å². The van der Waals surface area contributed by atoms with Crippen molar-refractivity contribution >= 4 is 44.7 Å². The van der Waals surface area contributed by atoms with Crippen molar-refractivity contribution < 1.29 is 14.3 Å². The van der Waals surface area contributed by atoms with Gasteiger partial charge in [-0.1, -0.05) is 35.9 Å². The Morgan fingerprint density at radius 3 is 2.51 bits per heavy atom. The average Bonchev–Trinajstić information content (AvgIpc) is 3.32. The number of methoxy groups -OCH3 is 1. The van der Waals surface area contributed by atoms with Crippen molar-refractivity contribution in [3.05, 3.63) is 82.0 Å². The predicted octanol–water partition coefficient (Wildman–Crippen LogP) is 7.00. The lowest BCUT2D eigenvalue weighted by molar-refractivity contribution is 0.0604. The molecule has 8 heteroatoms. The van der Waals surface area contributed by atoms with Gasteiger partial charge in [0.2, 0.25) is 0 Å². The molecule has 0 atom stereocenters. The van der Waals surface area contributed by atoms with E-state index in [4.69, 9.17) is 16.3 Å². The third-order valence-electron chi connectivity index (χ3n) is 7.61. The molecule has 1 saturated carbocycles. The molecule has 202 valence electrons. The number of halogens is 1. The molecule has 0 bridgehead atoms. The molecule has 1 aliphatic rings. The van der Waals surface area contributed by atoms with Crippen LogP contribution in [0.1, 0.15) is 58.3 Å². The van der Waals surface area contributed by atoms with Crippen molar-refractivity contribution in [2.24, 2.45) is 0 Å². The van der Waals surface area contributed by atoms with Crippen LogP contribution in [0, 0.1) is 0 Å². The van der Waals surface area contributed by atoms with E-state index in [9.17, 15) is 9.59 Å². The van der Waals surface area contributed by atoms with E-state index in [0.717, 1.165) is 52.5 Å². The summed E-state index contributed by atoms with van der Waals surface area (Å²) in [5, 5.41) is 4.81. The number of aromatic nitrogens is 1. The Morgan fingerprint density at radius 2 is 1.82 bits per heavy atom. The van der Waals surface area contributed by atoms with Crippen LogP contribution in [0.5, 0.6) is 5.75 Å². The summed E-state index contributed by atoms with van der Waals surface area (Å²) >= 11 is 8.23. The highest BCUT2D eigenvalue weighted by atomic mass is 35.5. The van der Waals surface area contributed by atoms with Crippen molar-refractivity contribution in [2.45, 2.75) is 51.2 Å². The number of thiophene rings is 1. The zero-order valence-corrected chi connectivity index (χ0v) is 23.9. The Labute approximate surface area is 238 Å². The fraction of sp³-hybridized carbons (Fsp3) is 0.323. The van der Waals surface area contributed by atoms with Gasteiger partial charge in [-0.25, -0.2) is 0 Å². The van der Waals surface area contributed by atoms with Gasteiger partial charge in [0.05, 0.1) is 12.1 Å². The van der Waals surface area contributed by atoms with Gasteiger partial charge in [-0.15, -0.1) is 11.3 Å². The summed E-state index contributed by atoms with van der Waals surface area (Å²) in [5.74, 6) is 0.577. The van der Waals surface area contributed by atoms with E-state index in [1.54, 1.807) is 19.4 Å². The van der Waals surface area contributed by atoms with Gasteiger partial charge in [-0.3, -0.25) is 14.6 Å². The zero-order valence-electron chi connectivity index (χ0n) is 22.4. The van der Waals surface area contributed by atoms with E-state index in [1.165, 1.54) is 18.3 Å². The van der Waals surface area contributed by atoms with Gasteiger partial charge >= 0.3 is 0 Å². The van der Waals surface area contributed by atoms with Crippen LogP contribution in [0.4, 0.5) is 0 Å². The first-order chi connectivity index (χ1) is 18.9. The minimum Gasteiger partial charge on any atom is -0.496 e. The number of fused-ring (bicyclic) bond motifs is 1. The second kappa shape index (κ2) is 11.9. The first kappa shape index (κ1) is 27.3. The Balaban J connectivity index is 1.53. The summed E-state index contributed by atoms with van der Waals surface area (Å²) in [7, 11) is 3.64. The Bertz CT molecular complexity index is 1510. The smallest absolute Gasteiger partial charge is 0.266 e. The normalized spacial score (nSPS) is 17.2. The SMILES string of the molecule is CNC1CCC(N(Cc2cc(-c3ccnc(C(C)=O)c3)ccc2OC)C(=O)c2sc3ccccc3c2Cl)CC1. The van der Waals surface area contributed by atoms with E-state index in [-0.39, 0.29) is 17.7 Å². The summed E-state index contributed by atoms with van der Waals surface area (Å²) in [6, 6.07) is 18.0. The lowest BCUT2D eigenvalue weighted by Crippen LogP contribution is -2.44. The third-order valence-corrected chi connectivity index (χ3v) is 9.27. The summed E-state index contributed by atoms with van der Waals surface area (Å²) < 4.78 is 6.74. The second-order valence-electron chi connectivity index (χ2n) is 9.98. The first-order valence-electron chi connectivity index (χ1n) is 13.2. The number of amides is 1. The summed E-state index contributed by atoms with van der Waals surface area (Å²) in [4.78, 5) is 32.9. The average molecular weight is 562 g/mol. The highest BCUT2D eigenvalue weighted by Gasteiger charge is 2.32. The van der Waals surface area contributed by atoms with Crippen LogP contribution in [0.2, 0.25) is 5.02 Å². The van der Waals surface area contributed by atoms with Gasteiger partial charge in [-0.05, 0) is 74.2 Å². The van der Waals surface area contributed by atoms with E-state index in [0.29, 0.717) is 33.9 Å². The molecule has 2 aromatic heterocycles. The van der Waals surface area contributed by atoms with E-state index < -0.39 is 0 Å². The van der Waals surface area contributed by atoms with Gasteiger partial charge in [0, 0.05) is 47.4 Å². The highest BCUT2D eigenvalue weighted by Crippen LogP contribution is 2.38. The summed E-state index contributed by atoms with van der Waals surface area (Å²) in [5.41, 5.74) is 3.14. The fourth-order valence-corrected chi connectivity index (χ4v) is 6.86. The quantitative estimate of drug-likeness (QED) is 0.234. The molecule has 1 fully saturated rings. The van der Waals surface area contributed by atoms with Crippen LogP contribution < -0.4 is 10.1 Å². The number of carbonyl (C=O) groups is 2. The number of rotatable bonds is 8. The minimum atomic E-state index is -0.0836. The van der Waals surface area contributed by atoms with Gasteiger partial charge in [0.1, 0.15) is 16.3 Å². The molecule has 1 N–H and O–H groups in total. The lowest BCUT2D eigenvalue weighted by Gasteiger charge is -2.37. The molecule has 2 aromatic carbocycles. The van der Waals surface area contributed by atoms with Crippen LogP contribution >= 0.6 is 22.9 Å². The molecular formula is C31H32ClN3O3S. The molecular weight excluding hydrogens is 530 g/mol. The van der Waals surface area contributed by atoms with Crippen molar-refractivity contribution in [2.75, 3.05) is 14.2 Å². The lowest BCUT2D eigenvalue weighted by atomic mass is 9.89. The molecule has 2 heterocycles. The number of ketones is 1. The molecule has 6 nitrogen and oxygen atoms in total. The fourth-order valence-electron chi connectivity index (χ4n) is 5.39. The van der Waals surface area contributed by atoms with Gasteiger partial charge in [-0.2, -0.15) is 0 Å². The molecule has 0 saturated heterocycles. The second-order valence-corrected chi connectivity index (χ2v) is 11.4. The summed E-state index contributed by atoms with van der Waals surface area (Å²) in [6.45, 7) is 1.90. The van der Waals surface area contributed by atoms with Crippen LogP contribution in [-0.4, -0.2) is 47.8 Å². The van der Waals surface area contributed by atoms with Gasteiger partial charge < -0.3 is 15.0 Å². The molecule has 0 spiro atoms. The first-order valence-corrected chi connectivity index (χ1v) is 14.4. The number of ether oxygens (including phenoxy) is 1. The number of Topliss-reactive ketones (excluding diaryl/α,β-unsaturated/α-hetero) is 1. The Morgan fingerprint density at radius 1 is 1.08 bits per heavy atom. The molecule has 0 aliphatic heterocycles. The van der Waals surface area contributed by atoms with Crippen LogP contribution in [0.3, 0.4) is 0 Å². The number of nitrogens with zero attached hydrogens (tertiary/aromatic N) is 2. The molecule has 0 radical (unpaired) electrons. The van der Waals surface area contributed by atoms with E-state index in [1.807, 2.05) is 60.5 Å². The largest absolute Gasteiger partial charge is 0.496 e. The van der Waals surface area contributed by atoms with Crippen molar-refractivity contribution in [3.8, 4) is 16.9 Å². The predicted molar refractivity (Wildman–Crippen MR) is 158 cm³/mol. The molecule has 5 rings (SSSR count). The number of benzene rings is 2. The zero-order chi connectivity index (χ0) is 27.5. The van der Waals surface area contributed by atoms with Crippen molar-refractivity contribution in [1.82, 2.24) is 15.2 Å². The van der Waals surface area contributed by atoms with Crippen molar-refractivity contribution in [1.29, 1.82) is 0 Å². The van der Waals surface area contributed by atoms with E-state index in [2.05, 4.69) is 10.3 Å². The van der Waals surface area contributed by atoms with Crippen LogP contribution in [0.25, 0.3) is 21.2 Å². The highest BCUT2D eigenvalue weighted by molar-refractivity contribution is 7.21. The Kier molecular flexibility index (Phi) is 8.31. The number of hydrogen-bond acceptors (Lipinski definition) is 6. The third kappa shape index (κ3) is 5.71. The Hall–Kier alpha value is -3.26. The molecule has 0 unspecified atom stereocenters. The minimum absolute atomic E-state index is 0.0515. The van der Waals surface area contributed by atoms with Gasteiger partial charge in [0.25, 0.3) is 5.91 Å². The maximum Gasteiger partial charge on any atom is 0.266 e. The number of nitrogens with one attached hydrogen (secondary N) is 1. The molecule has 39 heavy (non-hydrogen) atoms. The topological polar surface area (TPSA) is 71.5 Å². The number of hydrogen-bond donors (Lipinski definition) is 1. The van der Waals surface area contributed by atoms with E-state index >= 15 is 0 Å². The molecule has 1 amide bonds. The van der Waals surface area contributed by atoms with Crippen LogP contribution in [0.15, 0.2) is 60.8 Å². The maximum atomic E-state index is 14.2. The number of pyridine rings is 1. The monoisotopic (exact) mass is 561 g/mol. The molecule has 4 aromatic rings. The summed E-state index contributed by atoms with van der Waals surface area (Å²) in [6.07, 6.45) is 5.48. The molecule has 1 aliphatic carbocycles.